The molecule has 62 heavy (non-hydrogen) atoms. The van der Waals surface area contributed by atoms with Gasteiger partial charge in [-0.05, 0) is 97.1 Å². The van der Waals surface area contributed by atoms with Crippen LogP contribution in [0.1, 0.15) is 22.3 Å². The van der Waals surface area contributed by atoms with Crippen molar-refractivity contribution in [3.63, 3.8) is 0 Å². The highest BCUT2D eigenvalue weighted by molar-refractivity contribution is 7.25. The van der Waals surface area contributed by atoms with Crippen molar-refractivity contribution >= 4 is 31.5 Å². The second-order valence-corrected chi connectivity index (χ2v) is 17.3. The van der Waals surface area contributed by atoms with Gasteiger partial charge >= 0.3 is 0 Å². The van der Waals surface area contributed by atoms with Crippen molar-refractivity contribution in [3.8, 4) is 78.7 Å². The Morgan fingerprint density at radius 3 is 1.48 bits per heavy atom. The highest BCUT2D eigenvalue weighted by Gasteiger charge is 2.51. The molecule has 288 valence electrons. The minimum absolute atomic E-state index is 0.405. The summed E-state index contributed by atoms with van der Waals surface area (Å²) in [6.45, 7) is 0. The van der Waals surface area contributed by atoms with E-state index in [0.717, 1.165) is 33.4 Å². The van der Waals surface area contributed by atoms with Crippen LogP contribution in [0, 0.1) is 0 Å². The van der Waals surface area contributed by atoms with E-state index in [1.54, 1.807) is 0 Å². The highest BCUT2D eigenvalue weighted by Crippen LogP contribution is 2.64. The molecule has 2 aliphatic rings. The third-order valence-electron chi connectivity index (χ3n) is 13.0. The summed E-state index contributed by atoms with van der Waals surface area (Å²) >= 11 is 1.84. The van der Waals surface area contributed by atoms with Crippen LogP contribution in [-0.4, -0.2) is 15.0 Å². The summed E-state index contributed by atoms with van der Waals surface area (Å²) in [6.07, 6.45) is 0. The Kier molecular flexibility index (Phi) is 7.69. The van der Waals surface area contributed by atoms with Crippen molar-refractivity contribution in [2.75, 3.05) is 0 Å². The molecule has 0 saturated carbocycles. The van der Waals surface area contributed by atoms with Gasteiger partial charge in [-0.15, -0.1) is 11.3 Å². The zero-order valence-electron chi connectivity index (χ0n) is 33.5. The van der Waals surface area contributed by atoms with E-state index in [1.807, 2.05) is 29.5 Å². The van der Waals surface area contributed by atoms with Gasteiger partial charge in [-0.1, -0.05) is 182 Å². The molecule has 9 aromatic carbocycles. The molecule has 3 nitrogen and oxygen atoms in total. The Morgan fingerprint density at radius 2 is 0.758 bits per heavy atom. The molecular formula is C58H35N3S. The van der Waals surface area contributed by atoms with Gasteiger partial charge in [-0.25, -0.2) is 15.0 Å². The summed E-state index contributed by atoms with van der Waals surface area (Å²) in [5.41, 5.74) is 17.5. The van der Waals surface area contributed by atoms with Crippen LogP contribution < -0.4 is 0 Å². The first-order chi connectivity index (χ1) is 30.7. The summed E-state index contributed by atoms with van der Waals surface area (Å²) in [6, 6.07) is 76.8. The van der Waals surface area contributed by atoms with Crippen LogP contribution in [0.5, 0.6) is 0 Å². The van der Waals surface area contributed by atoms with E-state index >= 15 is 0 Å². The summed E-state index contributed by atoms with van der Waals surface area (Å²) in [5.74, 6) is 1.91. The first-order valence-electron chi connectivity index (χ1n) is 21.1. The van der Waals surface area contributed by atoms with Crippen molar-refractivity contribution < 1.29 is 0 Å². The van der Waals surface area contributed by atoms with Crippen LogP contribution in [0.4, 0.5) is 0 Å². The van der Waals surface area contributed by atoms with Gasteiger partial charge in [-0.3, -0.25) is 0 Å². The zero-order chi connectivity index (χ0) is 40.8. The number of nitrogens with zero attached hydrogens (tertiary/aromatic N) is 3. The standard InChI is InChI=1S/C58H35N3S/c1-2-15-36(16-3-1)55-59-56(40-19-12-17-37(33-40)38-31-32-53-47(35-38)45-23-7-11-30-52(45)62-53)61-57(60-55)41-20-13-18-39(34-41)42-25-14-29-51-54(42)46-24-6-10-28-50(46)58(51)48-26-8-4-21-43(48)44-22-5-9-27-49(44)58/h1-35H. The lowest BCUT2D eigenvalue weighted by Gasteiger charge is -2.30. The average Bonchev–Trinajstić information content (AvgIpc) is 3.98. The maximum atomic E-state index is 5.25. The summed E-state index contributed by atoms with van der Waals surface area (Å²) in [7, 11) is 0. The SMILES string of the molecule is c1ccc(-c2nc(-c3cccc(-c4ccc5sc6ccccc6c5c4)c3)nc(-c3cccc(-c4cccc5c4-c4ccccc4C54c5ccccc5-c5ccccc54)c3)n2)cc1. The maximum absolute atomic E-state index is 5.25. The van der Waals surface area contributed by atoms with Gasteiger partial charge in [0.25, 0.3) is 0 Å². The van der Waals surface area contributed by atoms with Crippen molar-refractivity contribution in [3.05, 3.63) is 235 Å². The molecule has 1 spiro atoms. The lowest BCUT2D eigenvalue weighted by atomic mass is 9.70. The summed E-state index contributed by atoms with van der Waals surface area (Å²) in [5, 5.41) is 2.57. The molecule has 11 aromatic rings. The van der Waals surface area contributed by atoms with Crippen molar-refractivity contribution in [2.24, 2.45) is 0 Å². The Bertz CT molecular complexity index is 3560. The molecule has 2 heterocycles. The minimum Gasteiger partial charge on any atom is -0.208 e. The van der Waals surface area contributed by atoms with E-state index in [0.29, 0.717) is 17.5 Å². The third kappa shape index (κ3) is 5.14. The van der Waals surface area contributed by atoms with Crippen LogP contribution >= 0.6 is 11.3 Å². The van der Waals surface area contributed by atoms with Gasteiger partial charge in [0.1, 0.15) is 0 Å². The molecule has 2 aromatic heterocycles. The van der Waals surface area contributed by atoms with Crippen molar-refractivity contribution in [1.82, 2.24) is 15.0 Å². The molecule has 0 radical (unpaired) electrons. The average molecular weight is 806 g/mol. The quantitative estimate of drug-likeness (QED) is 0.174. The Hall–Kier alpha value is -7.79. The number of aromatic nitrogens is 3. The van der Waals surface area contributed by atoms with Gasteiger partial charge in [0.2, 0.25) is 0 Å². The van der Waals surface area contributed by atoms with E-state index in [4.69, 9.17) is 15.0 Å². The lowest BCUT2D eigenvalue weighted by molar-refractivity contribution is 0.794. The van der Waals surface area contributed by atoms with E-state index in [-0.39, 0.29) is 0 Å². The molecule has 0 N–H and O–H groups in total. The second-order valence-electron chi connectivity index (χ2n) is 16.3. The zero-order valence-corrected chi connectivity index (χ0v) is 34.3. The summed E-state index contributed by atoms with van der Waals surface area (Å²) in [4.78, 5) is 15.5. The predicted molar refractivity (Wildman–Crippen MR) is 256 cm³/mol. The fourth-order valence-electron chi connectivity index (χ4n) is 10.3. The Labute approximate surface area is 363 Å². The molecule has 4 heteroatoms. The van der Waals surface area contributed by atoms with Gasteiger partial charge < -0.3 is 0 Å². The monoisotopic (exact) mass is 805 g/mol. The van der Waals surface area contributed by atoms with E-state index in [9.17, 15) is 0 Å². The number of fused-ring (bicyclic) bond motifs is 13. The fourth-order valence-corrected chi connectivity index (χ4v) is 11.4. The van der Waals surface area contributed by atoms with E-state index in [1.165, 1.54) is 70.2 Å². The third-order valence-corrected chi connectivity index (χ3v) is 14.1. The van der Waals surface area contributed by atoms with E-state index in [2.05, 4.69) is 194 Å². The van der Waals surface area contributed by atoms with E-state index < -0.39 is 5.41 Å². The first kappa shape index (κ1) is 35.0. The lowest BCUT2D eigenvalue weighted by Crippen LogP contribution is -2.25. The topological polar surface area (TPSA) is 38.7 Å². The second kappa shape index (κ2) is 13.6. The van der Waals surface area contributed by atoms with Crippen LogP contribution in [0.3, 0.4) is 0 Å². The van der Waals surface area contributed by atoms with Gasteiger partial charge in [0, 0.05) is 36.9 Å². The molecule has 0 fully saturated rings. The molecule has 0 aliphatic heterocycles. The number of hydrogen-bond acceptors (Lipinski definition) is 4. The molecule has 0 amide bonds. The first-order valence-corrected chi connectivity index (χ1v) is 21.9. The predicted octanol–water partition coefficient (Wildman–Crippen LogP) is 14.9. The van der Waals surface area contributed by atoms with Crippen molar-refractivity contribution in [2.45, 2.75) is 5.41 Å². The van der Waals surface area contributed by atoms with Crippen LogP contribution in [0.2, 0.25) is 0 Å². The highest BCUT2D eigenvalue weighted by atomic mass is 32.1. The maximum Gasteiger partial charge on any atom is 0.164 e. The molecule has 13 rings (SSSR count). The molecule has 0 saturated heterocycles. The van der Waals surface area contributed by atoms with Crippen molar-refractivity contribution in [1.29, 1.82) is 0 Å². The smallest absolute Gasteiger partial charge is 0.164 e. The van der Waals surface area contributed by atoms with Crippen LogP contribution in [-0.2, 0) is 5.41 Å². The molecule has 0 bridgehead atoms. The number of rotatable bonds is 5. The van der Waals surface area contributed by atoms with Gasteiger partial charge in [0.15, 0.2) is 17.5 Å². The Morgan fingerprint density at radius 1 is 0.290 bits per heavy atom. The Balaban J connectivity index is 0.958. The van der Waals surface area contributed by atoms with Crippen LogP contribution in [0.25, 0.3) is 98.8 Å². The minimum atomic E-state index is -0.405. The number of benzene rings is 9. The fraction of sp³-hybridized carbons (Fsp3) is 0.0172. The number of thiophene rings is 1. The van der Waals surface area contributed by atoms with Gasteiger partial charge in [-0.2, -0.15) is 0 Å². The normalized spacial score (nSPS) is 13.0. The van der Waals surface area contributed by atoms with Crippen LogP contribution in [0.15, 0.2) is 212 Å². The molecule has 2 aliphatic carbocycles. The molecule has 0 atom stereocenters. The molecular weight excluding hydrogens is 771 g/mol. The largest absolute Gasteiger partial charge is 0.208 e. The van der Waals surface area contributed by atoms with Gasteiger partial charge in [0.05, 0.1) is 5.41 Å². The number of hydrogen-bond donors (Lipinski definition) is 0. The summed E-state index contributed by atoms with van der Waals surface area (Å²) < 4.78 is 2.60. The molecule has 0 unspecified atom stereocenters.